The lowest BCUT2D eigenvalue weighted by Crippen LogP contribution is -2.40. The molecule has 0 aliphatic carbocycles. The molecule has 0 heterocycles. The van der Waals surface area contributed by atoms with Gasteiger partial charge in [-0.3, -0.25) is 14.9 Å². The van der Waals surface area contributed by atoms with E-state index in [1.807, 2.05) is 0 Å². The number of nitrogens with zero attached hydrogens (tertiary/aromatic N) is 1. The Morgan fingerprint density at radius 2 is 2.22 bits per heavy atom. The number of amides is 1. The summed E-state index contributed by atoms with van der Waals surface area (Å²) in [5, 5.41) is 13.3. The minimum absolute atomic E-state index is 0.0676. The number of nitro groups is 1. The summed E-state index contributed by atoms with van der Waals surface area (Å²) >= 11 is 0. The first-order valence-electron chi connectivity index (χ1n) is 5.40. The summed E-state index contributed by atoms with van der Waals surface area (Å²) in [6, 6.07) is 5.73. The van der Waals surface area contributed by atoms with E-state index in [-0.39, 0.29) is 30.0 Å². The van der Waals surface area contributed by atoms with E-state index in [0.717, 1.165) is 0 Å². The Morgan fingerprint density at radius 1 is 1.56 bits per heavy atom. The molecule has 98 valence electrons. The first-order chi connectivity index (χ1) is 8.54. The number of carbonyl (C=O) groups excluding carboxylic acids is 1. The van der Waals surface area contributed by atoms with Gasteiger partial charge in [0.1, 0.15) is 0 Å². The highest BCUT2D eigenvalue weighted by atomic mass is 16.6. The fraction of sp³-hybridized carbons (Fsp3) is 0.364. The van der Waals surface area contributed by atoms with E-state index >= 15 is 0 Å². The lowest BCUT2D eigenvalue weighted by molar-refractivity contribution is -0.385. The van der Waals surface area contributed by atoms with Crippen molar-refractivity contribution in [2.45, 2.75) is 13.0 Å². The third kappa shape index (κ3) is 4.02. The van der Waals surface area contributed by atoms with Gasteiger partial charge in [0.25, 0.3) is 5.91 Å². The second-order valence-corrected chi connectivity index (χ2v) is 3.72. The number of nitrogens with two attached hydrogens (primary N) is 1. The molecule has 0 radical (unpaired) electrons. The van der Waals surface area contributed by atoms with E-state index in [4.69, 9.17) is 10.5 Å². The number of hydrogen-bond acceptors (Lipinski definition) is 5. The summed E-state index contributed by atoms with van der Waals surface area (Å²) in [7, 11) is 0. The molecular weight excluding hydrogens is 238 g/mol. The van der Waals surface area contributed by atoms with Crippen LogP contribution < -0.4 is 15.8 Å². The molecule has 0 saturated carbocycles. The predicted octanol–water partition coefficient (Wildman–Crippen LogP) is 0.437. The highest BCUT2D eigenvalue weighted by Gasteiger charge is 2.15. The Bertz CT molecular complexity index is 436. The highest BCUT2D eigenvalue weighted by Crippen LogP contribution is 2.25. The SMILES string of the molecule is C[C@@H](CN)NC(=O)COc1ccccc1[N+](=O)[O-]. The molecular formula is C11H15N3O4. The standard InChI is InChI=1S/C11H15N3O4/c1-8(6-12)13-11(15)7-18-10-5-3-2-4-9(10)14(16)17/h2-5,8H,6-7,12H2,1H3,(H,13,15)/t8-/m0/s1. The Kier molecular flexibility index (Phi) is 5.06. The van der Waals surface area contributed by atoms with Gasteiger partial charge in [-0.1, -0.05) is 12.1 Å². The third-order valence-corrected chi connectivity index (χ3v) is 2.18. The van der Waals surface area contributed by atoms with Gasteiger partial charge in [0.2, 0.25) is 0 Å². The molecule has 18 heavy (non-hydrogen) atoms. The zero-order chi connectivity index (χ0) is 13.5. The predicted molar refractivity (Wildman–Crippen MR) is 65.3 cm³/mol. The van der Waals surface area contributed by atoms with E-state index in [9.17, 15) is 14.9 Å². The van der Waals surface area contributed by atoms with Crippen molar-refractivity contribution in [2.24, 2.45) is 5.73 Å². The maximum absolute atomic E-state index is 11.4. The summed E-state index contributed by atoms with van der Waals surface area (Å²) in [5.41, 5.74) is 5.18. The first-order valence-corrected chi connectivity index (χ1v) is 5.40. The number of carbonyl (C=O) groups is 1. The summed E-state index contributed by atoms with van der Waals surface area (Å²) in [4.78, 5) is 21.5. The molecule has 0 aliphatic heterocycles. The van der Waals surface area contributed by atoms with Gasteiger partial charge in [0.15, 0.2) is 12.4 Å². The minimum atomic E-state index is -0.560. The van der Waals surface area contributed by atoms with E-state index in [1.165, 1.54) is 18.2 Å². The molecule has 1 amide bonds. The number of ether oxygens (including phenoxy) is 1. The average Bonchev–Trinajstić information content (AvgIpc) is 2.36. The lowest BCUT2D eigenvalue weighted by Gasteiger charge is -2.11. The molecule has 1 atom stereocenters. The van der Waals surface area contributed by atoms with Crippen molar-refractivity contribution in [3.63, 3.8) is 0 Å². The van der Waals surface area contributed by atoms with Gasteiger partial charge in [0, 0.05) is 18.7 Å². The summed E-state index contributed by atoms with van der Waals surface area (Å²) < 4.78 is 5.11. The van der Waals surface area contributed by atoms with Gasteiger partial charge < -0.3 is 15.8 Å². The molecule has 1 aromatic rings. The number of hydrogen-bond donors (Lipinski definition) is 2. The van der Waals surface area contributed by atoms with Crippen LogP contribution >= 0.6 is 0 Å². The first kappa shape index (κ1) is 13.9. The largest absolute Gasteiger partial charge is 0.477 e. The van der Waals surface area contributed by atoms with Crippen molar-refractivity contribution >= 4 is 11.6 Å². The fourth-order valence-corrected chi connectivity index (χ4v) is 1.25. The van der Waals surface area contributed by atoms with Gasteiger partial charge in [-0.05, 0) is 13.0 Å². The van der Waals surface area contributed by atoms with Crippen molar-refractivity contribution in [1.82, 2.24) is 5.32 Å². The molecule has 0 saturated heterocycles. The number of nitro benzene ring substituents is 1. The molecule has 3 N–H and O–H groups in total. The van der Waals surface area contributed by atoms with Crippen LogP contribution in [0, 0.1) is 10.1 Å². The quantitative estimate of drug-likeness (QED) is 0.565. The number of nitrogens with one attached hydrogen (secondary N) is 1. The highest BCUT2D eigenvalue weighted by molar-refractivity contribution is 5.78. The van der Waals surface area contributed by atoms with Crippen LogP contribution in [0.2, 0.25) is 0 Å². The summed E-state index contributed by atoms with van der Waals surface area (Å²) in [5.74, 6) is -0.302. The van der Waals surface area contributed by atoms with Crippen molar-refractivity contribution in [3.8, 4) is 5.75 Å². The van der Waals surface area contributed by atoms with Crippen molar-refractivity contribution in [2.75, 3.05) is 13.2 Å². The Labute approximate surface area is 104 Å². The summed E-state index contributed by atoms with van der Waals surface area (Å²) in [6.45, 7) is 1.79. The van der Waals surface area contributed by atoms with Gasteiger partial charge >= 0.3 is 5.69 Å². The molecule has 0 fully saturated rings. The Hall–Kier alpha value is -2.15. The average molecular weight is 253 g/mol. The number of para-hydroxylation sites is 2. The van der Waals surface area contributed by atoms with Crippen LogP contribution in [0.5, 0.6) is 5.75 Å². The van der Waals surface area contributed by atoms with Crippen LogP contribution in [0.3, 0.4) is 0 Å². The van der Waals surface area contributed by atoms with Gasteiger partial charge in [-0.25, -0.2) is 0 Å². The van der Waals surface area contributed by atoms with Crippen LogP contribution in [-0.4, -0.2) is 30.0 Å². The maximum Gasteiger partial charge on any atom is 0.310 e. The molecule has 7 nitrogen and oxygen atoms in total. The van der Waals surface area contributed by atoms with E-state index < -0.39 is 4.92 Å². The smallest absolute Gasteiger partial charge is 0.310 e. The Morgan fingerprint density at radius 3 is 2.83 bits per heavy atom. The van der Waals surface area contributed by atoms with Crippen molar-refractivity contribution in [3.05, 3.63) is 34.4 Å². The maximum atomic E-state index is 11.4. The topological polar surface area (TPSA) is 107 Å². The number of rotatable bonds is 6. The van der Waals surface area contributed by atoms with Crippen LogP contribution in [0.15, 0.2) is 24.3 Å². The molecule has 1 rings (SSSR count). The van der Waals surface area contributed by atoms with Crippen LogP contribution in [0.1, 0.15) is 6.92 Å². The van der Waals surface area contributed by atoms with Crippen LogP contribution in [0.25, 0.3) is 0 Å². The zero-order valence-electron chi connectivity index (χ0n) is 9.96. The zero-order valence-corrected chi connectivity index (χ0v) is 9.96. The Balaban J connectivity index is 2.58. The van der Waals surface area contributed by atoms with Gasteiger partial charge in [-0.2, -0.15) is 0 Å². The molecule has 0 unspecified atom stereocenters. The van der Waals surface area contributed by atoms with Crippen LogP contribution in [0.4, 0.5) is 5.69 Å². The molecule has 1 aromatic carbocycles. The third-order valence-electron chi connectivity index (χ3n) is 2.18. The second kappa shape index (κ2) is 6.55. The second-order valence-electron chi connectivity index (χ2n) is 3.72. The van der Waals surface area contributed by atoms with E-state index in [0.29, 0.717) is 6.54 Å². The van der Waals surface area contributed by atoms with Crippen LogP contribution in [-0.2, 0) is 4.79 Å². The van der Waals surface area contributed by atoms with Gasteiger partial charge in [-0.15, -0.1) is 0 Å². The molecule has 0 bridgehead atoms. The molecule has 0 aromatic heterocycles. The van der Waals surface area contributed by atoms with E-state index in [2.05, 4.69) is 5.32 Å². The minimum Gasteiger partial charge on any atom is -0.477 e. The van der Waals surface area contributed by atoms with E-state index in [1.54, 1.807) is 13.0 Å². The van der Waals surface area contributed by atoms with Gasteiger partial charge in [0.05, 0.1) is 4.92 Å². The molecule has 0 aliphatic rings. The fourth-order valence-electron chi connectivity index (χ4n) is 1.25. The number of benzene rings is 1. The van der Waals surface area contributed by atoms with Crippen molar-refractivity contribution < 1.29 is 14.5 Å². The summed E-state index contributed by atoms with van der Waals surface area (Å²) in [6.07, 6.45) is 0. The molecule has 7 heteroatoms. The lowest BCUT2D eigenvalue weighted by atomic mass is 10.3. The van der Waals surface area contributed by atoms with Crippen molar-refractivity contribution in [1.29, 1.82) is 0 Å². The normalized spacial score (nSPS) is 11.7. The molecule has 0 spiro atoms. The monoisotopic (exact) mass is 253 g/mol.